The summed E-state index contributed by atoms with van der Waals surface area (Å²) < 4.78 is 5.42. The van der Waals surface area contributed by atoms with Crippen molar-refractivity contribution in [1.82, 2.24) is 10.6 Å². The van der Waals surface area contributed by atoms with E-state index >= 15 is 0 Å². The third-order valence-electron chi connectivity index (χ3n) is 4.29. The van der Waals surface area contributed by atoms with E-state index in [9.17, 15) is 0 Å². The first-order valence-electron chi connectivity index (χ1n) is 7.30. The predicted octanol–water partition coefficient (Wildman–Crippen LogP) is 2.06. The Morgan fingerprint density at radius 2 is 2.18 bits per heavy atom. The molecular weight excluding hydrogens is 212 g/mol. The van der Waals surface area contributed by atoms with Gasteiger partial charge < -0.3 is 15.4 Å². The van der Waals surface area contributed by atoms with Crippen molar-refractivity contribution >= 4 is 0 Å². The first kappa shape index (κ1) is 13.3. The SMILES string of the molecule is COC1CCC(NC(C)CC2CCCCN2)C1. The van der Waals surface area contributed by atoms with Gasteiger partial charge in [-0.05, 0) is 52.0 Å². The van der Waals surface area contributed by atoms with Crippen molar-refractivity contribution in [2.24, 2.45) is 0 Å². The zero-order valence-electron chi connectivity index (χ0n) is 11.4. The summed E-state index contributed by atoms with van der Waals surface area (Å²) in [5, 5.41) is 7.40. The van der Waals surface area contributed by atoms with Crippen LogP contribution in [0.1, 0.15) is 51.9 Å². The zero-order chi connectivity index (χ0) is 12.1. The lowest BCUT2D eigenvalue weighted by Crippen LogP contribution is -2.42. The second-order valence-electron chi connectivity index (χ2n) is 5.82. The molecule has 0 bridgehead atoms. The second-order valence-corrected chi connectivity index (χ2v) is 5.82. The smallest absolute Gasteiger partial charge is 0.0586 e. The first-order chi connectivity index (χ1) is 8.28. The summed E-state index contributed by atoms with van der Waals surface area (Å²) in [5.41, 5.74) is 0. The van der Waals surface area contributed by atoms with Gasteiger partial charge in [0, 0.05) is 25.2 Å². The summed E-state index contributed by atoms with van der Waals surface area (Å²) >= 11 is 0. The van der Waals surface area contributed by atoms with Gasteiger partial charge in [0.1, 0.15) is 0 Å². The van der Waals surface area contributed by atoms with E-state index in [-0.39, 0.29) is 0 Å². The molecule has 1 aliphatic carbocycles. The van der Waals surface area contributed by atoms with Crippen LogP contribution in [0.2, 0.25) is 0 Å². The van der Waals surface area contributed by atoms with Gasteiger partial charge in [0.15, 0.2) is 0 Å². The molecule has 2 rings (SSSR count). The Hall–Kier alpha value is -0.120. The summed E-state index contributed by atoms with van der Waals surface area (Å²) in [4.78, 5) is 0. The quantitative estimate of drug-likeness (QED) is 0.772. The van der Waals surface area contributed by atoms with Gasteiger partial charge >= 0.3 is 0 Å². The second kappa shape index (κ2) is 6.72. The molecule has 4 unspecified atom stereocenters. The Kier molecular flexibility index (Phi) is 5.26. The topological polar surface area (TPSA) is 33.3 Å². The molecule has 3 heteroatoms. The zero-order valence-corrected chi connectivity index (χ0v) is 11.4. The number of rotatable bonds is 5. The summed E-state index contributed by atoms with van der Waals surface area (Å²) in [7, 11) is 1.84. The molecule has 0 radical (unpaired) electrons. The average Bonchev–Trinajstić information content (AvgIpc) is 2.78. The lowest BCUT2D eigenvalue weighted by Gasteiger charge is -2.28. The standard InChI is InChI=1S/C14H28N2O/c1-11(9-12-5-3-4-8-15-12)16-13-6-7-14(10-13)17-2/h11-16H,3-10H2,1-2H3. The van der Waals surface area contributed by atoms with Crippen molar-refractivity contribution < 1.29 is 4.74 Å². The maximum Gasteiger partial charge on any atom is 0.0586 e. The minimum absolute atomic E-state index is 0.493. The largest absolute Gasteiger partial charge is 0.381 e. The van der Waals surface area contributed by atoms with Crippen LogP contribution in [0.25, 0.3) is 0 Å². The van der Waals surface area contributed by atoms with Gasteiger partial charge in [0.25, 0.3) is 0 Å². The highest BCUT2D eigenvalue weighted by Crippen LogP contribution is 2.22. The van der Waals surface area contributed by atoms with Crippen molar-refractivity contribution in [3.63, 3.8) is 0 Å². The van der Waals surface area contributed by atoms with Gasteiger partial charge in [0.2, 0.25) is 0 Å². The van der Waals surface area contributed by atoms with Crippen LogP contribution in [0, 0.1) is 0 Å². The van der Waals surface area contributed by atoms with Crippen molar-refractivity contribution in [2.75, 3.05) is 13.7 Å². The Balaban J connectivity index is 1.64. The van der Waals surface area contributed by atoms with E-state index in [0.29, 0.717) is 18.2 Å². The summed E-state index contributed by atoms with van der Waals surface area (Å²) in [5.74, 6) is 0. The summed E-state index contributed by atoms with van der Waals surface area (Å²) in [6, 6.07) is 2.05. The van der Waals surface area contributed by atoms with E-state index in [1.165, 1.54) is 51.5 Å². The lowest BCUT2D eigenvalue weighted by atomic mass is 9.98. The summed E-state index contributed by atoms with van der Waals surface area (Å²) in [6.07, 6.45) is 9.58. The number of ether oxygens (including phenoxy) is 1. The molecule has 17 heavy (non-hydrogen) atoms. The van der Waals surface area contributed by atoms with E-state index in [4.69, 9.17) is 4.74 Å². The molecule has 1 saturated carbocycles. The van der Waals surface area contributed by atoms with Gasteiger partial charge in [-0.2, -0.15) is 0 Å². The Morgan fingerprint density at radius 3 is 2.82 bits per heavy atom. The predicted molar refractivity (Wildman–Crippen MR) is 71.3 cm³/mol. The first-order valence-corrected chi connectivity index (χ1v) is 7.30. The van der Waals surface area contributed by atoms with E-state index < -0.39 is 0 Å². The molecule has 3 nitrogen and oxygen atoms in total. The molecule has 0 aromatic heterocycles. The van der Waals surface area contributed by atoms with Crippen LogP contribution in [-0.2, 0) is 4.74 Å². The van der Waals surface area contributed by atoms with Crippen LogP contribution in [-0.4, -0.2) is 37.9 Å². The van der Waals surface area contributed by atoms with Gasteiger partial charge in [-0.25, -0.2) is 0 Å². The van der Waals surface area contributed by atoms with E-state index in [0.717, 1.165) is 6.04 Å². The molecular formula is C14H28N2O. The van der Waals surface area contributed by atoms with Crippen molar-refractivity contribution in [3.05, 3.63) is 0 Å². The third kappa shape index (κ3) is 4.23. The molecule has 1 aliphatic heterocycles. The summed E-state index contributed by atoms with van der Waals surface area (Å²) in [6.45, 7) is 3.54. The number of hydrogen-bond donors (Lipinski definition) is 2. The van der Waals surface area contributed by atoms with Crippen LogP contribution >= 0.6 is 0 Å². The van der Waals surface area contributed by atoms with Gasteiger partial charge in [-0.1, -0.05) is 6.42 Å². The van der Waals surface area contributed by atoms with E-state index in [2.05, 4.69) is 17.6 Å². The molecule has 100 valence electrons. The maximum absolute atomic E-state index is 5.42. The molecule has 1 saturated heterocycles. The normalized spacial score (nSPS) is 36.0. The number of piperidine rings is 1. The molecule has 4 atom stereocenters. The molecule has 0 aromatic rings. The monoisotopic (exact) mass is 240 g/mol. The van der Waals surface area contributed by atoms with Crippen LogP contribution < -0.4 is 10.6 Å². The highest BCUT2D eigenvalue weighted by molar-refractivity contribution is 4.85. The van der Waals surface area contributed by atoms with Crippen LogP contribution in [0.5, 0.6) is 0 Å². The number of nitrogens with one attached hydrogen (secondary N) is 2. The van der Waals surface area contributed by atoms with Gasteiger partial charge in [0.05, 0.1) is 6.10 Å². The van der Waals surface area contributed by atoms with Gasteiger partial charge in [-0.15, -0.1) is 0 Å². The third-order valence-corrected chi connectivity index (χ3v) is 4.29. The van der Waals surface area contributed by atoms with Crippen molar-refractivity contribution in [2.45, 2.75) is 76.1 Å². The Bertz CT molecular complexity index is 216. The van der Waals surface area contributed by atoms with Crippen LogP contribution in [0.4, 0.5) is 0 Å². The molecule has 0 aromatic carbocycles. The number of methoxy groups -OCH3 is 1. The fraction of sp³-hybridized carbons (Fsp3) is 1.00. The van der Waals surface area contributed by atoms with Crippen LogP contribution in [0.3, 0.4) is 0 Å². The highest BCUT2D eigenvalue weighted by Gasteiger charge is 2.26. The molecule has 0 spiro atoms. The fourth-order valence-electron chi connectivity index (χ4n) is 3.33. The molecule has 1 heterocycles. The highest BCUT2D eigenvalue weighted by atomic mass is 16.5. The fourth-order valence-corrected chi connectivity index (χ4v) is 3.33. The minimum Gasteiger partial charge on any atom is -0.381 e. The van der Waals surface area contributed by atoms with Gasteiger partial charge in [-0.3, -0.25) is 0 Å². The van der Waals surface area contributed by atoms with Crippen LogP contribution in [0.15, 0.2) is 0 Å². The molecule has 2 aliphatic rings. The maximum atomic E-state index is 5.42. The van der Waals surface area contributed by atoms with Crippen molar-refractivity contribution in [1.29, 1.82) is 0 Å². The van der Waals surface area contributed by atoms with E-state index in [1.807, 2.05) is 7.11 Å². The average molecular weight is 240 g/mol. The van der Waals surface area contributed by atoms with E-state index in [1.54, 1.807) is 0 Å². The lowest BCUT2D eigenvalue weighted by molar-refractivity contribution is 0.106. The molecule has 2 N–H and O–H groups in total. The molecule has 0 amide bonds. The Labute approximate surface area is 106 Å². The van der Waals surface area contributed by atoms with Crippen molar-refractivity contribution in [3.8, 4) is 0 Å². The minimum atomic E-state index is 0.493. The molecule has 2 fully saturated rings. The number of hydrogen-bond acceptors (Lipinski definition) is 3. The Morgan fingerprint density at radius 1 is 1.29 bits per heavy atom.